The van der Waals surface area contributed by atoms with Crippen molar-refractivity contribution in [3.8, 4) is 0 Å². The van der Waals surface area contributed by atoms with Crippen LogP contribution < -0.4 is 16.0 Å². The van der Waals surface area contributed by atoms with Gasteiger partial charge in [0.15, 0.2) is 0 Å². The number of likely N-dealkylation sites (N-methyl/N-ethyl adjacent to an activating group) is 7. The van der Waals surface area contributed by atoms with E-state index in [4.69, 9.17) is 11.6 Å². The van der Waals surface area contributed by atoms with Crippen molar-refractivity contribution < 1.29 is 70.7 Å². The number of carbonyl (C=O) groups excluding carboxylic acids is 12. The Morgan fingerprint density at radius 2 is 1.20 bits per heavy atom. The third kappa shape index (κ3) is 21.0. The van der Waals surface area contributed by atoms with Gasteiger partial charge in [-0.05, 0) is 125 Å². The summed E-state index contributed by atoms with van der Waals surface area (Å²) in [6.45, 7) is 12.1. The first-order valence-corrected chi connectivity index (χ1v) is 36.9. The lowest BCUT2D eigenvalue weighted by Gasteiger charge is -2.42. The lowest BCUT2D eigenvalue weighted by molar-refractivity contribution is -0.182. The van der Waals surface area contributed by atoms with Gasteiger partial charge in [0.2, 0.25) is 70.9 Å². The number of fused-ring (bicyclic) bond motifs is 1. The Labute approximate surface area is 589 Å². The normalized spacial score (nSPS) is 30.5. The summed E-state index contributed by atoms with van der Waals surface area (Å²) in [6, 6.07) is -8.65. The first-order chi connectivity index (χ1) is 46.4. The molecule has 1 spiro atoms. The van der Waals surface area contributed by atoms with E-state index >= 15 is 19.2 Å². The second-order valence-electron chi connectivity index (χ2n) is 30.7. The summed E-state index contributed by atoms with van der Waals surface area (Å²) in [6.07, 6.45) is 3.19. The molecule has 3 heterocycles. The van der Waals surface area contributed by atoms with E-state index in [0.717, 1.165) is 46.8 Å². The van der Waals surface area contributed by atoms with Crippen molar-refractivity contribution in [3.05, 3.63) is 0 Å². The van der Waals surface area contributed by atoms with Crippen molar-refractivity contribution in [1.29, 1.82) is 0 Å². The van der Waals surface area contributed by atoms with Crippen LogP contribution in [0.1, 0.15) is 190 Å². The fourth-order valence-electron chi connectivity index (χ4n) is 15.7. The number of hydrogen-bond donors (Lipinski definition) is 3. The zero-order chi connectivity index (χ0) is 73.7. The van der Waals surface area contributed by atoms with Gasteiger partial charge in [-0.15, -0.1) is 11.6 Å². The van der Waals surface area contributed by atoms with Gasteiger partial charge >= 0.3 is 6.18 Å². The van der Waals surface area contributed by atoms with Crippen LogP contribution in [0.3, 0.4) is 0 Å². The van der Waals surface area contributed by atoms with Gasteiger partial charge in [0, 0.05) is 74.3 Å². The molecular weight excluding hydrogens is 1310 g/mol. The Hall–Kier alpha value is -6.28. The number of nitrogens with zero attached hydrogens (tertiary/aromatic N) is 9. The highest BCUT2D eigenvalue weighted by Crippen LogP contribution is 2.44. The third-order valence-corrected chi connectivity index (χ3v) is 22.9. The first-order valence-electron chi connectivity index (χ1n) is 36.4. The number of piperidine rings is 1. The predicted molar refractivity (Wildman–Crippen MR) is 367 cm³/mol. The van der Waals surface area contributed by atoms with Crippen molar-refractivity contribution in [2.45, 2.75) is 249 Å². The molecule has 24 nitrogen and oxygen atoms in total. The van der Waals surface area contributed by atoms with Gasteiger partial charge in [-0.25, -0.2) is 0 Å². The van der Waals surface area contributed by atoms with E-state index in [1.54, 1.807) is 25.7 Å². The SMILES string of the molecule is CC[C@H](C)[C@@H]1NC(=O)[C@H](CC(C)C)N(C)C(=O)C[C@@H](C(=O)N2CCCCC2)N(C)C(=O)[C@H](C(C)C)N(C)C(=O)C2(CCCC2)NC(=O)[C@@H]2CCCN2C(=O)[C@H](CCC2CCC(C(F)(F)F)C(Cl)C2)NC(=O)CN(C)C(=O)[C@H](CC2CCC(C)CC2)N(C)C(=O)CN(C)C(=O)CN(C)C1=O. The van der Waals surface area contributed by atoms with Gasteiger partial charge in [0.25, 0.3) is 0 Å². The second kappa shape index (κ2) is 36.0. The zero-order valence-electron chi connectivity index (χ0n) is 61.4. The Morgan fingerprint density at radius 3 is 1.79 bits per heavy atom. The summed E-state index contributed by atoms with van der Waals surface area (Å²) in [4.78, 5) is 190. The fourth-order valence-corrected chi connectivity index (χ4v) is 16.3. The minimum atomic E-state index is -4.51. The summed E-state index contributed by atoms with van der Waals surface area (Å²) in [7, 11) is 9.94. The average Bonchev–Trinajstić information content (AvgIpc) is 1.77. The van der Waals surface area contributed by atoms with E-state index in [2.05, 4.69) is 22.9 Å². The van der Waals surface area contributed by atoms with Crippen LogP contribution in [-0.4, -0.2) is 263 Å². The summed E-state index contributed by atoms with van der Waals surface area (Å²) < 4.78 is 42.0. The zero-order valence-corrected chi connectivity index (χ0v) is 62.2. The first kappa shape index (κ1) is 81.7. The van der Waals surface area contributed by atoms with E-state index in [9.17, 15) is 51.5 Å². The molecule has 12 amide bonds. The molecule has 3 saturated heterocycles. The van der Waals surface area contributed by atoms with Gasteiger partial charge in [0.1, 0.15) is 47.8 Å². The summed E-state index contributed by atoms with van der Waals surface area (Å²) in [5, 5.41) is 7.55. The lowest BCUT2D eigenvalue weighted by Crippen LogP contribution is -2.65. The second-order valence-corrected chi connectivity index (χ2v) is 31.3. The van der Waals surface area contributed by atoms with Gasteiger partial charge in [-0.3, -0.25) is 57.5 Å². The third-order valence-electron chi connectivity index (χ3n) is 22.4. The molecule has 3 aliphatic carbocycles. The minimum Gasteiger partial charge on any atom is -0.343 e. The number of hydrogen-bond acceptors (Lipinski definition) is 12. The Morgan fingerprint density at radius 1 is 0.606 bits per heavy atom. The summed E-state index contributed by atoms with van der Waals surface area (Å²) in [5.41, 5.74) is -1.56. The van der Waals surface area contributed by atoms with Gasteiger partial charge < -0.3 is 60.0 Å². The molecular formula is C71H116ClF3N12O12. The van der Waals surface area contributed by atoms with Crippen molar-refractivity contribution in [1.82, 2.24) is 60.0 Å². The highest BCUT2D eigenvalue weighted by molar-refractivity contribution is 6.21. The number of rotatable bonds is 11. The maximum absolute atomic E-state index is 15.4. The van der Waals surface area contributed by atoms with E-state index in [-0.39, 0.29) is 88.5 Å². The minimum absolute atomic E-state index is 0.00187. The maximum atomic E-state index is 15.4. The van der Waals surface area contributed by atoms with Crippen LogP contribution in [0.4, 0.5) is 13.2 Å². The van der Waals surface area contributed by atoms with Crippen LogP contribution in [0.5, 0.6) is 0 Å². The van der Waals surface area contributed by atoms with Gasteiger partial charge in [-0.2, -0.15) is 13.2 Å². The average molecular weight is 1420 g/mol. The molecule has 0 aromatic carbocycles. The van der Waals surface area contributed by atoms with E-state index in [1.807, 2.05) is 20.8 Å². The Bertz CT molecular complexity index is 2870. The quantitative estimate of drug-likeness (QED) is 0.207. The van der Waals surface area contributed by atoms with Crippen LogP contribution in [-0.2, 0) is 57.5 Å². The highest BCUT2D eigenvalue weighted by Gasteiger charge is 2.52. The van der Waals surface area contributed by atoms with E-state index in [0.29, 0.717) is 57.5 Å². The number of halogens is 4. The molecule has 0 aromatic rings. The Kier molecular flexibility index (Phi) is 29.7. The van der Waals surface area contributed by atoms with Gasteiger partial charge in [0.05, 0.1) is 32.0 Å². The fraction of sp³-hybridized carbons (Fsp3) is 0.831. The van der Waals surface area contributed by atoms with E-state index in [1.165, 1.54) is 73.8 Å². The van der Waals surface area contributed by atoms with Gasteiger partial charge in [-0.1, -0.05) is 93.4 Å². The molecule has 99 heavy (non-hydrogen) atoms. The molecule has 3 aliphatic heterocycles. The molecule has 6 aliphatic rings. The molecule has 6 fully saturated rings. The number of amides is 12. The standard InChI is InChI=1S/C71H116ClF3N12O12/c1-15-46(7)60-67(97)81(10)41-58(90)79(8)42-59(91)83(12)54(38-48-25-23-45(6)24-26-48)65(95)80(9)40-56(88)76-51(30-28-47-27-29-49(50(72)37-47)71(73,74)75)64(94)87-35-21-22-52(87)63(93)78-70(31-17-18-32-70)69(99)85(14)61(44(4)5)68(98)84(13)55(66(96)86-33-19-16-20-34-86)39-57(89)82(11)53(36-43(2)3)62(92)77-60/h43-55,60-61H,15-42H2,1-14H3,(H,76,88)(H,77,92)(H,78,93)/t45?,46-,47?,48?,49?,50?,51-,52-,53-,54-,55-,60-,61-/m0/s1. The molecule has 0 radical (unpaired) electrons. The topological polar surface area (TPSA) is 270 Å². The number of carbonyl (C=O) groups is 12. The largest absolute Gasteiger partial charge is 0.393 e. The molecule has 3 saturated carbocycles. The van der Waals surface area contributed by atoms with Crippen LogP contribution >= 0.6 is 11.6 Å². The van der Waals surface area contributed by atoms with Crippen molar-refractivity contribution in [2.24, 2.45) is 41.4 Å². The van der Waals surface area contributed by atoms with Crippen molar-refractivity contribution >= 4 is 82.5 Å². The van der Waals surface area contributed by atoms with E-state index < -0.39 is 174 Å². The lowest BCUT2D eigenvalue weighted by atomic mass is 9.78. The molecule has 28 heteroatoms. The summed E-state index contributed by atoms with van der Waals surface area (Å²) >= 11 is 6.39. The van der Waals surface area contributed by atoms with Crippen molar-refractivity contribution in [2.75, 3.05) is 88.6 Å². The Balaban J connectivity index is 1.41. The molecule has 6 rings (SSSR count). The molecule has 0 aromatic heterocycles. The van der Waals surface area contributed by atoms with Crippen molar-refractivity contribution in [3.63, 3.8) is 0 Å². The van der Waals surface area contributed by atoms with Crippen LogP contribution in [0, 0.1) is 41.4 Å². The molecule has 11 atom stereocenters. The molecule has 0 bridgehead atoms. The highest BCUT2D eigenvalue weighted by atomic mass is 35.5. The maximum Gasteiger partial charge on any atom is 0.393 e. The predicted octanol–water partition coefficient (Wildman–Crippen LogP) is 5.81. The van der Waals surface area contributed by atoms with Crippen LogP contribution in [0.2, 0.25) is 0 Å². The molecule has 560 valence electrons. The van der Waals surface area contributed by atoms with Crippen LogP contribution in [0.25, 0.3) is 0 Å². The number of nitrogens with one attached hydrogen (secondary N) is 3. The van der Waals surface area contributed by atoms with Crippen LogP contribution in [0.15, 0.2) is 0 Å². The molecule has 3 N–H and O–H groups in total. The summed E-state index contributed by atoms with van der Waals surface area (Å²) in [5.74, 6) is -10.5. The number of likely N-dealkylation sites (tertiary alicyclic amines) is 1. The number of alkyl halides is 4. The smallest absolute Gasteiger partial charge is 0.343 e. The monoisotopic (exact) mass is 1420 g/mol. The molecule has 3 unspecified atom stereocenters.